The molecule has 16 heavy (non-hydrogen) atoms. The van der Waals surface area contributed by atoms with Gasteiger partial charge in [0.05, 0.1) is 5.75 Å². The molecule has 2 aromatic carbocycles. The first-order chi connectivity index (χ1) is 7.90. The Morgan fingerprint density at radius 1 is 0.875 bits per heavy atom. The highest BCUT2D eigenvalue weighted by Gasteiger charge is 1.96. The molecule has 2 aromatic rings. The first kappa shape index (κ1) is 10.9. The van der Waals surface area contributed by atoms with Gasteiger partial charge in [-0.05, 0) is 23.3 Å². The molecule has 0 bridgehead atoms. The molecule has 0 aliphatic rings. The van der Waals surface area contributed by atoms with E-state index in [9.17, 15) is 0 Å². The third-order valence-corrected chi connectivity index (χ3v) is 3.20. The molecular formula is C15H12S. The van der Waals surface area contributed by atoms with Crippen LogP contribution in [0.5, 0.6) is 0 Å². The highest BCUT2D eigenvalue weighted by molar-refractivity contribution is 7.99. The lowest BCUT2D eigenvalue weighted by Gasteiger charge is -2.02. The topological polar surface area (TPSA) is 0 Å². The fraction of sp³-hybridized carbons (Fsp3) is 0.0667. The van der Waals surface area contributed by atoms with E-state index in [0.717, 1.165) is 5.75 Å². The molecule has 0 fully saturated rings. The minimum Gasteiger partial charge on any atom is -0.119 e. The molecule has 0 radical (unpaired) electrons. The van der Waals surface area contributed by atoms with Gasteiger partial charge in [-0.15, -0.1) is 18.2 Å². The van der Waals surface area contributed by atoms with Gasteiger partial charge in [0.2, 0.25) is 0 Å². The van der Waals surface area contributed by atoms with Gasteiger partial charge < -0.3 is 0 Å². The van der Waals surface area contributed by atoms with Crippen molar-refractivity contribution in [3.63, 3.8) is 0 Å². The molecule has 0 nitrogen and oxygen atoms in total. The van der Waals surface area contributed by atoms with Crippen LogP contribution in [0.15, 0.2) is 59.5 Å². The summed E-state index contributed by atoms with van der Waals surface area (Å²) < 4.78 is 0. The van der Waals surface area contributed by atoms with Gasteiger partial charge in [0.15, 0.2) is 0 Å². The number of benzene rings is 2. The zero-order valence-electron chi connectivity index (χ0n) is 8.89. The Hall–Kier alpha value is -1.65. The Bertz CT molecular complexity index is 477. The predicted molar refractivity (Wildman–Crippen MR) is 71.4 cm³/mol. The molecule has 0 atom stereocenters. The summed E-state index contributed by atoms with van der Waals surface area (Å²) >= 11 is 1.69. The molecule has 78 valence electrons. The fourth-order valence-corrected chi connectivity index (χ4v) is 2.08. The molecule has 0 aliphatic carbocycles. The third kappa shape index (κ3) is 2.68. The van der Waals surface area contributed by atoms with Crippen LogP contribution in [-0.4, -0.2) is 5.75 Å². The van der Waals surface area contributed by atoms with Crippen LogP contribution in [-0.2, 0) is 0 Å². The number of thioether (sulfide) groups is 1. The van der Waals surface area contributed by atoms with Crippen LogP contribution in [0.1, 0.15) is 0 Å². The van der Waals surface area contributed by atoms with Gasteiger partial charge in [-0.25, -0.2) is 0 Å². The van der Waals surface area contributed by atoms with Crippen LogP contribution < -0.4 is 0 Å². The predicted octanol–water partition coefficient (Wildman–Crippen LogP) is 4.08. The van der Waals surface area contributed by atoms with Crippen molar-refractivity contribution in [3.8, 4) is 23.5 Å². The molecule has 0 spiro atoms. The molecule has 0 unspecified atom stereocenters. The molecule has 1 heteroatoms. The molecule has 0 N–H and O–H groups in total. The molecule has 2 rings (SSSR count). The Morgan fingerprint density at radius 3 is 2.12 bits per heavy atom. The molecule has 0 heterocycles. The Morgan fingerprint density at radius 2 is 1.50 bits per heavy atom. The first-order valence-corrected chi connectivity index (χ1v) is 6.10. The Kier molecular flexibility index (Phi) is 3.69. The zero-order valence-corrected chi connectivity index (χ0v) is 9.71. The van der Waals surface area contributed by atoms with Crippen molar-refractivity contribution >= 4 is 11.8 Å². The van der Waals surface area contributed by atoms with Crippen LogP contribution in [0.2, 0.25) is 0 Å². The summed E-state index contributed by atoms with van der Waals surface area (Å²) in [5.74, 6) is 3.35. The molecule has 0 aromatic heterocycles. The fourth-order valence-electron chi connectivity index (χ4n) is 1.50. The zero-order chi connectivity index (χ0) is 11.2. The van der Waals surface area contributed by atoms with Crippen molar-refractivity contribution in [1.82, 2.24) is 0 Å². The summed E-state index contributed by atoms with van der Waals surface area (Å²) in [6, 6.07) is 18.9. The van der Waals surface area contributed by atoms with Crippen molar-refractivity contribution in [2.45, 2.75) is 4.90 Å². The maximum Gasteiger partial charge on any atom is 0.0592 e. The molecule has 0 saturated heterocycles. The number of rotatable bonds is 3. The maximum atomic E-state index is 5.23. The van der Waals surface area contributed by atoms with Crippen LogP contribution in [0.3, 0.4) is 0 Å². The summed E-state index contributed by atoms with van der Waals surface area (Å²) in [5, 5.41) is 0. The summed E-state index contributed by atoms with van der Waals surface area (Å²) in [6.45, 7) is 0. The van der Waals surface area contributed by atoms with Crippen LogP contribution in [0.25, 0.3) is 11.1 Å². The van der Waals surface area contributed by atoms with Gasteiger partial charge in [0.1, 0.15) is 0 Å². The molecule has 0 saturated carbocycles. The van der Waals surface area contributed by atoms with Crippen molar-refractivity contribution in [3.05, 3.63) is 54.6 Å². The van der Waals surface area contributed by atoms with E-state index in [4.69, 9.17) is 6.42 Å². The van der Waals surface area contributed by atoms with E-state index in [2.05, 4.69) is 54.5 Å². The second-order valence-corrected chi connectivity index (χ2v) is 4.43. The van der Waals surface area contributed by atoms with Gasteiger partial charge in [-0.1, -0.05) is 48.4 Å². The minimum absolute atomic E-state index is 0.727. The lowest BCUT2D eigenvalue weighted by molar-refractivity contribution is 1.46. The highest BCUT2D eigenvalue weighted by Crippen LogP contribution is 2.23. The largest absolute Gasteiger partial charge is 0.119 e. The highest BCUT2D eigenvalue weighted by atomic mass is 32.2. The smallest absolute Gasteiger partial charge is 0.0592 e. The lowest BCUT2D eigenvalue weighted by Crippen LogP contribution is -1.78. The maximum absolute atomic E-state index is 5.23. The first-order valence-electron chi connectivity index (χ1n) is 5.12. The molecule has 0 aliphatic heterocycles. The number of hydrogen-bond acceptors (Lipinski definition) is 1. The molecule has 0 amide bonds. The van der Waals surface area contributed by atoms with E-state index in [0.29, 0.717) is 0 Å². The van der Waals surface area contributed by atoms with Gasteiger partial charge in [0.25, 0.3) is 0 Å². The van der Waals surface area contributed by atoms with Gasteiger partial charge >= 0.3 is 0 Å². The second-order valence-electron chi connectivity index (χ2n) is 3.38. The second kappa shape index (κ2) is 5.44. The summed E-state index contributed by atoms with van der Waals surface area (Å²) in [5.41, 5.74) is 2.49. The minimum atomic E-state index is 0.727. The van der Waals surface area contributed by atoms with E-state index in [-0.39, 0.29) is 0 Å². The Balaban J connectivity index is 2.17. The van der Waals surface area contributed by atoms with E-state index in [1.54, 1.807) is 11.8 Å². The van der Waals surface area contributed by atoms with Gasteiger partial charge in [0, 0.05) is 4.90 Å². The van der Waals surface area contributed by atoms with E-state index in [1.165, 1.54) is 16.0 Å². The SMILES string of the molecule is C#CCSc1ccc(-c2ccccc2)cc1. The summed E-state index contributed by atoms with van der Waals surface area (Å²) in [4.78, 5) is 1.22. The summed E-state index contributed by atoms with van der Waals surface area (Å²) in [6.07, 6.45) is 5.23. The van der Waals surface area contributed by atoms with Crippen LogP contribution >= 0.6 is 11.8 Å². The standard InChI is InChI=1S/C15H12S/c1-2-12-16-15-10-8-14(9-11-15)13-6-4-3-5-7-13/h1,3-11H,12H2. The quantitative estimate of drug-likeness (QED) is 0.559. The normalized spacial score (nSPS) is 9.69. The average Bonchev–Trinajstić information content (AvgIpc) is 2.38. The van der Waals surface area contributed by atoms with Crippen molar-refractivity contribution < 1.29 is 0 Å². The van der Waals surface area contributed by atoms with Crippen molar-refractivity contribution in [2.24, 2.45) is 0 Å². The number of terminal acetylenes is 1. The van der Waals surface area contributed by atoms with Crippen LogP contribution in [0.4, 0.5) is 0 Å². The van der Waals surface area contributed by atoms with E-state index in [1.807, 2.05) is 6.07 Å². The Labute approximate surface area is 101 Å². The molecular weight excluding hydrogens is 212 g/mol. The third-order valence-electron chi connectivity index (χ3n) is 2.28. The summed E-state index contributed by atoms with van der Waals surface area (Å²) in [7, 11) is 0. The van der Waals surface area contributed by atoms with E-state index < -0.39 is 0 Å². The number of hydrogen-bond donors (Lipinski definition) is 0. The average molecular weight is 224 g/mol. The van der Waals surface area contributed by atoms with Crippen LogP contribution in [0, 0.1) is 12.3 Å². The van der Waals surface area contributed by atoms with Gasteiger partial charge in [-0.2, -0.15) is 0 Å². The van der Waals surface area contributed by atoms with E-state index >= 15 is 0 Å². The van der Waals surface area contributed by atoms with Crippen molar-refractivity contribution in [1.29, 1.82) is 0 Å². The van der Waals surface area contributed by atoms with Crippen molar-refractivity contribution in [2.75, 3.05) is 5.75 Å². The van der Waals surface area contributed by atoms with Gasteiger partial charge in [-0.3, -0.25) is 0 Å². The lowest BCUT2D eigenvalue weighted by atomic mass is 10.1. The monoisotopic (exact) mass is 224 g/mol.